The normalized spacial score (nSPS) is 24.8. The molecule has 0 aliphatic carbocycles. The topological polar surface area (TPSA) is 40.5 Å². The van der Waals surface area contributed by atoms with Crippen molar-refractivity contribution in [2.75, 3.05) is 13.2 Å². The fourth-order valence-electron chi connectivity index (χ4n) is 3.00. The van der Waals surface area contributed by atoms with Crippen LogP contribution in [0.1, 0.15) is 17.0 Å². The van der Waals surface area contributed by atoms with Gasteiger partial charge >= 0.3 is 0 Å². The van der Waals surface area contributed by atoms with Crippen molar-refractivity contribution < 1.29 is 10.2 Å². The van der Waals surface area contributed by atoms with Crippen LogP contribution in [-0.4, -0.2) is 28.7 Å². The zero-order chi connectivity index (χ0) is 15.4. The Hall–Kier alpha value is -1.55. The lowest BCUT2D eigenvalue weighted by atomic mass is 9.83. The summed E-state index contributed by atoms with van der Waals surface area (Å²) in [5, 5.41) is 19.6. The minimum absolute atomic E-state index is 0.00964. The minimum atomic E-state index is 0.00964. The molecule has 2 aromatic carbocycles. The Balaban J connectivity index is 2.03. The molecule has 3 heteroatoms. The molecule has 3 rings (SSSR count). The summed E-state index contributed by atoms with van der Waals surface area (Å²) in [6, 6.07) is 20.5. The van der Waals surface area contributed by atoms with Crippen molar-refractivity contribution in [1.29, 1.82) is 0 Å². The van der Waals surface area contributed by atoms with Crippen LogP contribution in [0.3, 0.4) is 0 Å². The summed E-state index contributed by atoms with van der Waals surface area (Å²) in [5.74, 6) is 0.157. The molecule has 0 radical (unpaired) electrons. The van der Waals surface area contributed by atoms with Crippen molar-refractivity contribution in [3.05, 3.63) is 77.9 Å². The van der Waals surface area contributed by atoms with Crippen molar-refractivity contribution in [3.8, 4) is 0 Å². The quantitative estimate of drug-likeness (QED) is 0.907. The number of rotatable bonds is 4. The summed E-state index contributed by atoms with van der Waals surface area (Å²) in [6.45, 7) is 0.153. The van der Waals surface area contributed by atoms with Gasteiger partial charge in [-0.3, -0.25) is 0 Å². The third kappa shape index (κ3) is 3.12. The predicted octanol–water partition coefficient (Wildman–Crippen LogP) is 3.53. The van der Waals surface area contributed by atoms with E-state index in [4.69, 9.17) is 0 Å². The number of hydrogen-bond acceptors (Lipinski definition) is 3. The summed E-state index contributed by atoms with van der Waals surface area (Å²) in [4.78, 5) is 1.18. The van der Waals surface area contributed by atoms with Crippen molar-refractivity contribution >= 4 is 16.7 Å². The Morgan fingerprint density at radius 1 is 0.818 bits per heavy atom. The van der Waals surface area contributed by atoms with Gasteiger partial charge in [0.1, 0.15) is 0 Å². The average Bonchev–Trinajstić information content (AvgIpc) is 2.62. The minimum Gasteiger partial charge on any atom is -0.396 e. The molecule has 0 fully saturated rings. The molecular weight excluding hydrogens is 292 g/mol. The van der Waals surface area contributed by atoms with E-state index in [2.05, 4.69) is 30.3 Å². The molecule has 0 bridgehead atoms. The zero-order valence-electron chi connectivity index (χ0n) is 12.3. The highest BCUT2D eigenvalue weighted by Crippen LogP contribution is 2.46. The van der Waals surface area contributed by atoms with Crippen molar-refractivity contribution in [1.82, 2.24) is 0 Å². The second kappa shape index (κ2) is 7.14. The molecule has 114 valence electrons. The lowest BCUT2D eigenvalue weighted by Gasteiger charge is -2.35. The van der Waals surface area contributed by atoms with E-state index in [9.17, 15) is 10.2 Å². The number of thioether (sulfide) groups is 1. The molecule has 0 unspecified atom stereocenters. The van der Waals surface area contributed by atoms with Crippen LogP contribution >= 0.6 is 11.8 Å². The van der Waals surface area contributed by atoms with E-state index in [1.54, 1.807) is 11.8 Å². The first-order valence-corrected chi connectivity index (χ1v) is 8.42. The van der Waals surface area contributed by atoms with Crippen LogP contribution in [0.2, 0.25) is 0 Å². The molecule has 0 aromatic heterocycles. The van der Waals surface area contributed by atoms with Crippen molar-refractivity contribution in [2.24, 2.45) is 5.92 Å². The van der Waals surface area contributed by atoms with Gasteiger partial charge in [0.05, 0.1) is 6.61 Å². The second-order valence-electron chi connectivity index (χ2n) is 5.52. The number of aliphatic hydroxyl groups excluding tert-OH is 2. The molecule has 0 amide bonds. The van der Waals surface area contributed by atoms with Gasteiger partial charge in [-0.05, 0) is 11.1 Å². The van der Waals surface area contributed by atoms with Gasteiger partial charge in [-0.2, -0.15) is 0 Å². The molecule has 2 N–H and O–H groups in total. The molecular formula is C19H20O2S. The summed E-state index contributed by atoms with van der Waals surface area (Å²) in [7, 11) is 0. The molecule has 0 saturated heterocycles. The monoisotopic (exact) mass is 312 g/mol. The van der Waals surface area contributed by atoms with E-state index >= 15 is 0 Å². The van der Waals surface area contributed by atoms with E-state index < -0.39 is 0 Å². The van der Waals surface area contributed by atoms with Crippen LogP contribution in [0.4, 0.5) is 0 Å². The first-order chi connectivity index (χ1) is 10.8. The fraction of sp³-hybridized carbons (Fsp3) is 0.263. The highest BCUT2D eigenvalue weighted by atomic mass is 32.2. The lowest BCUT2D eigenvalue weighted by molar-refractivity contribution is 0.179. The Morgan fingerprint density at radius 3 is 2.05 bits per heavy atom. The van der Waals surface area contributed by atoms with E-state index in [-0.39, 0.29) is 30.3 Å². The van der Waals surface area contributed by atoms with Gasteiger partial charge in [-0.25, -0.2) is 0 Å². The Labute approximate surface area is 135 Å². The van der Waals surface area contributed by atoms with E-state index in [1.165, 1.54) is 16.0 Å². The van der Waals surface area contributed by atoms with Crippen LogP contribution in [-0.2, 0) is 0 Å². The molecule has 3 atom stereocenters. The van der Waals surface area contributed by atoms with E-state index in [0.29, 0.717) is 0 Å². The average molecular weight is 312 g/mol. The SMILES string of the molecule is OC[C@H]1[C@@H](c2ccccc2)C=C(c2ccccc2)S[C@@H]1CO. The standard InChI is InChI=1S/C19H20O2S/c20-12-17-16(14-7-3-1-4-8-14)11-18(22-19(17)13-21)15-9-5-2-6-10-15/h1-11,16-17,19-21H,12-13H2/t16-,17+,19-/m1/s1. The number of allylic oxidation sites excluding steroid dienone is 1. The number of hydrogen-bond donors (Lipinski definition) is 2. The van der Waals surface area contributed by atoms with Gasteiger partial charge in [0, 0.05) is 28.6 Å². The molecule has 0 spiro atoms. The maximum atomic E-state index is 9.83. The number of benzene rings is 2. The molecule has 2 nitrogen and oxygen atoms in total. The van der Waals surface area contributed by atoms with Gasteiger partial charge in [0.25, 0.3) is 0 Å². The zero-order valence-corrected chi connectivity index (χ0v) is 13.1. The highest BCUT2D eigenvalue weighted by molar-refractivity contribution is 8.09. The summed E-state index contributed by atoms with van der Waals surface area (Å²) in [6.07, 6.45) is 2.24. The maximum absolute atomic E-state index is 9.83. The van der Waals surface area contributed by atoms with Crippen molar-refractivity contribution in [2.45, 2.75) is 11.2 Å². The van der Waals surface area contributed by atoms with Crippen LogP contribution in [0.25, 0.3) is 4.91 Å². The van der Waals surface area contributed by atoms with Gasteiger partial charge < -0.3 is 10.2 Å². The molecule has 1 heterocycles. The Morgan fingerprint density at radius 2 is 1.45 bits per heavy atom. The maximum Gasteiger partial charge on any atom is 0.0557 e. The first-order valence-electron chi connectivity index (χ1n) is 7.54. The van der Waals surface area contributed by atoms with Gasteiger partial charge in [-0.1, -0.05) is 66.7 Å². The molecule has 22 heavy (non-hydrogen) atoms. The van der Waals surface area contributed by atoms with Crippen LogP contribution in [0, 0.1) is 5.92 Å². The third-order valence-electron chi connectivity index (χ3n) is 4.18. The number of aliphatic hydroxyl groups is 2. The highest BCUT2D eigenvalue weighted by Gasteiger charge is 2.34. The predicted molar refractivity (Wildman–Crippen MR) is 92.6 cm³/mol. The molecule has 2 aromatic rings. The lowest BCUT2D eigenvalue weighted by Crippen LogP contribution is -2.32. The fourth-order valence-corrected chi connectivity index (χ4v) is 4.33. The third-order valence-corrected chi connectivity index (χ3v) is 5.61. The summed E-state index contributed by atoms with van der Waals surface area (Å²) >= 11 is 1.67. The second-order valence-corrected chi connectivity index (χ2v) is 6.80. The van der Waals surface area contributed by atoms with Crippen LogP contribution in [0.15, 0.2) is 66.7 Å². The molecule has 1 aliphatic heterocycles. The smallest absolute Gasteiger partial charge is 0.0557 e. The van der Waals surface area contributed by atoms with Crippen LogP contribution < -0.4 is 0 Å². The Kier molecular flexibility index (Phi) is 4.98. The van der Waals surface area contributed by atoms with Crippen LogP contribution in [0.5, 0.6) is 0 Å². The van der Waals surface area contributed by atoms with Gasteiger partial charge in [-0.15, -0.1) is 11.8 Å². The Bertz CT molecular complexity index is 624. The van der Waals surface area contributed by atoms with E-state index in [0.717, 1.165) is 0 Å². The summed E-state index contributed by atoms with van der Waals surface area (Å²) in [5.41, 5.74) is 2.36. The van der Waals surface area contributed by atoms with Gasteiger partial charge in [0.2, 0.25) is 0 Å². The first kappa shape index (κ1) is 15.3. The van der Waals surface area contributed by atoms with E-state index in [1.807, 2.05) is 36.4 Å². The van der Waals surface area contributed by atoms with Gasteiger partial charge in [0.15, 0.2) is 0 Å². The largest absolute Gasteiger partial charge is 0.396 e. The summed E-state index contributed by atoms with van der Waals surface area (Å²) < 4.78 is 0. The molecule has 1 aliphatic rings. The van der Waals surface area contributed by atoms with Crippen molar-refractivity contribution in [3.63, 3.8) is 0 Å². The molecule has 0 saturated carbocycles.